The van der Waals surface area contributed by atoms with Gasteiger partial charge in [0.15, 0.2) is 0 Å². The molecule has 3 heteroatoms. The summed E-state index contributed by atoms with van der Waals surface area (Å²) in [6, 6.07) is 8.22. The Balaban J connectivity index is 2.47. The molecule has 1 atom stereocenters. The molecule has 1 aromatic rings. The first-order valence-corrected chi connectivity index (χ1v) is 4.48. The van der Waals surface area contributed by atoms with Crippen LogP contribution in [0.3, 0.4) is 0 Å². The summed E-state index contributed by atoms with van der Waals surface area (Å²) in [4.78, 5) is 2.18. The number of para-hydroxylation sites is 2. The topological polar surface area (TPSA) is 26.7 Å². The van der Waals surface area contributed by atoms with Crippen LogP contribution in [0.25, 0.3) is 0 Å². The molecule has 1 heterocycles. The fraction of sp³-hybridized carbons (Fsp3) is 0.400. The first kappa shape index (κ1) is 8.38. The zero-order valence-corrected chi connectivity index (χ0v) is 7.94. The van der Waals surface area contributed by atoms with Crippen LogP contribution in [0.5, 0.6) is 0 Å². The summed E-state index contributed by atoms with van der Waals surface area (Å²) in [6.45, 7) is 2.76. The van der Waals surface area contributed by atoms with Gasteiger partial charge in [-0.05, 0) is 19.1 Å². The van der Waals surface area contributed by atoms with Crippen molar-refractivity contribution in [3.8, 4) is 0 Å². The summed E-state index contributed by atoms with van der Waals surface area (Å²) in [6.07, 6.45) is 0. The second-order valence-electron chi connectivity index (χ2n) is 3.53. The Morgan fingerprint density at radius 3 is 2.62 bits per heavy atom. The van der Waals surface area contributed by atoms with Crippen LogP contribution in [0, 0.1) is 0 Å². The van der Waals surface area contributed by atoms with E-state index in [0.717, 1.165) is 11.4 Å². The standard InChI is InChI=1S/C10H14N2O/c1-8-7-12(13)10-6-4-3-5-9(10)11(8)2/h3-6,8,13H,7H2,1-2H3. The minimum atomic E-state index is 0.347. The number of fused-ring (bicyclic) bond motifs is 1. The monoisotopic (exact) mass is 178 g/mol. The van der Waals surface area contributed by atoms with Crippen LogP contribution >= 0.6 is 0 Å². The van der Waals surface area contributed by atoms with Gasteiger partial charge in [-0.25, -0.2) is 0 Å². The van der Waals surface area contributed by atoms with E-state index < -0.39 is 0 Å². The number of rotatable bonds is 0. The summed E-state index contributed by atoms with van der Waals surface area (Å²) in [7, 11) is 2.05. The van der Waals surface area contributed by atoms with E-state index in [2.05, 4.69) is 18.9 Å². The van der Waals surface area contributed by atoms with E-state index in [9.17, 15) is 5.21 Å². The molecule has 2 rings (SSSR count). The van der Waals surface area contributed by atoms with Crippen molar-refractivity contribution < 1.29 is 5.21 Å². The van der Waals surface area contributed by atoms with E-state index >= 15 is 0 Å². The molecule has 0 spiro atoms. The average Bonchev–Trinajstić information content (AvgIpc) is 2.15. The Hall–Kier alpha value is -1.22. The molecular weight excluding hydrogens is 164 g/mol. The molecule has 1 N–H and O–H groups in total. The molecule has 1 aliphatic heterocycles. The number of hydrogen-bond acceptors (Lipinski definition) is 3. The maximum Gasteiger partial charge on any atom is 0.0868 e. The third-order valence-corrected chi connectivity index (χ3v) is 2.64. The third kappa shape index (κ3) is 1.25. The highest BCUT2D eigenvalue weighted by atomic mass is 16.5. The van der Waals surface area contributed by atoms with Crippen molar-refractivity contribution in [3.05, 3.63) is 24.3 Å². The number of likely N-dealkylation sites (N-methyl/N-ethyl adjacent to an activating group) is 1. The average molecular weight is 178 g/mol. The van der Waals surface area contributed by atoms with Gasteiger partial charge in [-0.1, -0.05) is 12.1 Å². The molecule has 1 aromatic carbocycles. The van der Waals surface area contributed by atoms with Crippen molar-refractivity contribution in [2.24, 2.45) is 0 Å². The maximum atomic E-state index is 9.66. The molecular formula is C10H14N2O. The maximum absolute atomic E-state index is 9.66. The van der Waals surface area contributed by atoms with Crippen molar-refractivity contribution in [3.63, 3.8) is 0 Å². The van der Waals surface area contributed by atoms with Gasteiger partial charge in [0.25, 0.3) is 0 Å². The van der Waals surface area contributed by atoms with Crippen LogP contribution in [-0.2, 0) is 0 Å². The SMILES string of the molecule is CC1CN(O)c2ccccc2N1C. The predicted octanol–water partition coefficient (Wildman–Crippen LogP) is 1.72. The molecule has 0 amide bonds. The summed E-state index contributed by atoms with van der Waals surface area (Å²) in [5.74, 6) is 0. The Kier molecular flexibility index (Phi) is 1.88. The number of hydroxylamine groups is 1. The quantitative estimate of drug-likeness (QED) is 0.655. The highest BCUT2D eigenvalue weighted by Crippen LogP contribution is 2.32. The molecule has 0 saturated carbocycles. The largest absolute Gasteiger partial charge is 0.368 e. The Labute approximate surface area is 78.2 Å². The van der Waals surface area contributed by atoms with Gasteiger partial charge in [-0.2, -0.15) is 0 Å². The number of anilines is 2. The van der Waals surface area contributed by atoms with Gasteiger partial charge in [0.2, 0.25) is 0 Å². The second-order valence-corrected chi connectivity index (χ2v) is 3.53. The fourth-order valence-electron chi connectivity index (χ4n) is 1.69. The van der Waals surface area contributed by atoms with Gasteiger partial charge in [0.05, 0.1) is 17.9 Å². The van der Waals surface area contributed by atoms with Gasteiger partial charge in [-0.3, -0.25) is 10.3 Å². The van der Waals surface area contributed by atoms with Crippen molar-refractivity contribution in [1.82, 2.24) is 0 Å². The second kappa shape index (κ2) is 2.92. The highest BCUT2D eigenvalue weighted by molar-refractivity contribution is 5.72. The van der Waals surface area contributed by atoms with Crippen LogP contribution in [0.1, 0.15) is 6.92 Å². The summed E-state index contributed by atoms with van der Waals surface area (Å²) in [5, 5.41) is 11.0. The van der Waals surface area contributed by atoms with Gasteiger partial charge in [0, 0.05) is 13.1 Å². The van der Waals surface area contributed by atoms with Crippen LogP contribution < -0.4 is 9.96 Å². The minimum absolute atomic E-state index is 0.347. The van der Waals surface area contributed by atoms with Gasteiger partial charge in [0.1, 0.15) is 0 Å². The normalized spacial score (nSPS) is 21.6. The van der Waals surface area contributed by atoms with Gasteiger partial charge in [-0.15, -0.1) is 0 Å². The van der Waals surface area contributed by atoms with Gasteiger partial charge < -0.3 is 4.90 Å². The lowest BCUT2D eigenvalue weighted by molar-refractivity contribution is 0.242. The van der Waals surface area contributed by atoms with E-state index in [1.807, 2.05) is 24.3 Å². The fourth-order valence-corrected chi connectivity index (χ4v) is 1.69. The molecule has 0 aromatic heterocycles. The number of hydrogen-bond donors (Lipinski definition) is 1. The van der Waals surface area contributed by atoms with Crippen LogP contribution in [-0.4, -0.2) is 24.8 Å². The smallest absolute Gasteiger partial charge is 0.0868 e. The van der Waals surface area contributed by atoms with Crippen molar-refractivity contribution >= 4 is 11.4 Å². The number of nitrogens with zero attached hydrogens (tertiary/aromatic N) is 2. The highest BCUT2D eigenvalue weighted by Gasteiger charge is 2.23. The molecule has 13 heavy (non-hydrogen) atoms. The Bertz CT molecular complexity index is 314. The van der Waals surface area contributed by atoms with E-state index in [4.69, 9.17) is 0 Å². The Morgan fingerprint density at radius 2 is 1.92 bits per heavy atom. The molecule has 70 valence electrons. The summed E-state index contributed by atoms with van der Waals surface area (Å²) < 4.78 is 0. The predicted molar refractivity (Wildman–Crippen MR) is 53.4 cm³/mol. The van der Waals surface area contributed by atoms with E-state index in [1.54, 1.807) is 0 Å². The minimum Gasteiger partial charge on any atom is -0.368 e. The first-order valence-electron chi connectivity index (χ1n) is 4.48. The zero-order valence-electron chi connectivity index (χ0n) is 7.94. The molecule has 1 aliphatic rings. The zero-order chi connectivity index (χ0) is 9.42. The first-order chi connectivity index (χ1) is 6.20. The van der Waals surface area contributed by atoms with Crippen LogP contribution in [0.2, 0.25) is 0 Å². The van der Waals surface area contributed by atoms with Gasteiger partial charge >= 0.3 is 0 Å². The lowest BCUT2D eigenvalue weighted by Crippen LogP contribution is -2.44. The summed E-state index contributed by atoms with van der Waals surface area (Å²) >= 11 is 0. The van der Waals surface area contributed by atoms with Crippen molar-refractivity contribution in [2.45, 2.75) is 13.0 Å². The van der Waals surface area contributed by atoms with E-state index in [1.165, 1.54) is 5.06 Å². The molecule has 0 radical (unpaired) electrons. The van der Waals surface area contributed by atoms with E-state index in [0.29, 0.717) is 12.6 Å². The third-order valence-electron chi connectivity index (χ3n) is 2.64. The van der Waals surface area contributed by atoms with Crippen LogP contribution in [0.4, 0.5) is 11.4 Å². The van der Waals surface area contributed by atoms with Crippen molar-refractivity contribution in [1.29, 1.82) is 0 Å². The molecule has 0 aliphatic carbocycles. The molecule has 0 bridgehead atoms. The molecule has 1 unspecified atom stereocenters. The molecule has 0 saturated heterocycles. The molecule has 0 fully saturated rings. The Morgan fingerprint density at radius 1 is 1.31 bits per heavy atom. The van der Waals surface area contributed by atoms with Crippen molar-refractivity contribution in [2.75, 3.05) is 23.6 Å². The van der Waals surface area contributed by atoms with E-state index in [-0.39, 0.29) is 0 Å². The lowest BCUT2D eigenvalue weighted by Gasteiger charge is -2.38. The molecule has 3 nitrogen and oxygen atoms in total. The van der Waals surface area contributed by atoms with Crippen LogP contribution in [0.15, 0.2) is 24.3 Å². The lowest BCUT2D eigenvalue weighted by atomic mass is 10.1. The number of benzene rings is 1. The summed E-state index contributed by atoms with van der Waals surface area (Å²) in [5.41, 5.74) is 1.98.